The minimum Gasteiger partial charge on any atom is -0.325 e. The van der Waals surface area contributed by atoms with Gasteiger partial charge in [-0.15, -0.1) is 5.10 Å². The summed E-state index contributed by atoms with van der Waals surface area (Å²) < 4.78 is 0. The molecule has 0 aliphatic carbocycles. The Labute approximate surface area is 148 Å². The second kappa shape index (κ2) is 7.51. The summed E-state index contributed by atoms with van der Waals surface area (Å²) in [6.07, 6.45) is 0. The summed E-state index contributed by atoms with van der Waals surface area (Å²) in [5, 5.41) is 11.0. The molecule has 0 saturated heterocycles. The van der Waals surface area contributed by atoms with E-state index in [1.165, 1.54) is 11.8 Å². The molecule has 0 aliphatic heterocycles. The number of amides is 1. The number of carbonyl (C=O) groups excluding carboxylic acids is 1. The van der Waals surface area contributed by atoms with Gasteiger partial charge in [0.1, 0.15) is 0 Å². The average Bonchev–Trinajstić information content (AvgIpc) is 3.07. The van der Waals surface area contributed by atoms with Crippen molar-refractivity contribution in [2.24, 2.45) is 0 Å². The number of halogens is 1. The molecule has 0 unspecified atom stereocenters. The van der Waals surface area contributed by atoms with E-state index in [4.69, 9.17) is 11.6 Å². The topological polar surface area (TPSA) is 70.7 Å². The highest BCUT2D eigenvalue weighted by Crippen LogP contribution is 2.24. The summed E-state index contributed by atoms with van der Waals surface area (Å²) in [7, 11) is 0. The van der Waals surface area contributed by atoms with Crippen molar-refractivity contribution in [3.8, 4) is 11.4 Å². The van der Waals surface area contributed by atoms with Crippen LogP contribution in [0.25, 0.3) is 11.4 Å². The molecule has 24 heavy (non-hydrogen) atoms. The minimum atomic E-state index is -0.128. The molecule has 0 saturated carbocycles. The van der Waals surface area contributed by atoms with Gasteiger partial charge in [0.25, 0.3) is 0 Å². The van der Waals surface area contributed by atoms with Gasteiger partial charge in [0, 0.05) is 16.3 Å². The van der Waals surface area contributed by atoms with Crippen LogP contribution in [0.15, 0.2) is 53.7 Å². The Morgan fingerprint density at radius 2 is 2.00 bits per heavy atom. The maximum Gasteiger partial charge on any atom is 0.234 e. The Kier molecular flexibility index (Phi) is 5.17. The molecule has 0 radical (unpaired) electrons. The maximum atomic E-state index is 12.1. The van der Waals surface area contributed by atoms with Crippen LogP contribution in [-0.4, -0.2) is 26.8 Å². The second-order valence-corrected chi connectivity index (χ2v) is 6.43. The van der Waals surface area contributed by atoms with Crippen LogP contribution in [0.4, 0.5) is 5.69 Å². The molecule has 0 aliphatic rings. The Balaban J connectivity index is 1.59. The number of thioether (sulfide) groups is 1. The lowest BCUT2D eigenvalue weighted by molar-refractivity contribution is -0.113. The van der Waals surface area contributed by atoms with Gasteiger partial charge in [-0.3, -0.25) is 9.89 Å². The molecule has 1 amide bonds. The van der Waals surface area contributed by atoms with Gasteiger partial charge in [0.15, 0.2) is 5.82 Å². The van der Waals surface area contributed by atoms with Crippen molar-refractivity contribution >= 4 is 35.0 Å². The fourth-order valence-electron chi connectivity index (χ4n) is 2.10. The van der Waals surface area contributed by atoms with E-state index >= 15 is 0 Å². The summed E-state index contributed by atoms with van der Waals surface area (Å²) in [5.41, 5.74) is 2.52. The SMILES string of the molecule is Cc1c(Cl)cccc1NC(=O)CSc1n[nH]c(-c2ccccc2)n1. The molecule has 0 atom stereocenters. The third-order valence-corrected chi connectivity index (χ3v) is 4.64. The monoisotopic (exact) mass is 358 g/mol. The van der Waals surface area contributed by atoms with E-state index in [2.05, 4.69) is 20.5 Å². The van der Waals surface area contributed by atoms with Gasteiger partial charge in [-0.1, -0.05) is 59.8 Å². The molecule has 0 bridgehead atoms. The summed E-state index contributed by atoms with van der Waals surface area (Å²) >= 11 is 7.33. The first kappa shape index (κ1) is 16.5. The number of hydrogen-bond acceptors (Lipinski definition) is 4. The number of hydrogen-bond donors (Lipinski definition) is 2. The number of nitrogens with zero attached hydrogens (tertiary/aromatic N) is 2. The molecule has 3 rings (SSSR count). The van der Waals surface area contributed by atoms with Crippen molar-refractivity contribution in [2.45, 2.75) is 12.1 Å². The second-order valence-electron chi connectivity index (χ2n) is 5.08. The quantitative estimate of drug-likeness (QED) is 0.672. The van der Waals surface area contributed by atoms with Crippen molar-refractivity contribution in [1.82, 2.24) is 15.2 Å². The van der Waals surface area contributed by atoms with E-state index in [1.54, 1.807) is 12.1 Å². The molecule has 2 N–H and O–H groups in total. The zero-order valence-corrected chi connectivity index (χ0v) is 14.5. The molecular formula is C17H15ClN4OS. The van der Waals surface area contributed by atoms with Crippen LogP contribution in [-0.2, 0) is 4.79 Å². The van der Waals surface area contributed by atoms with E-state index in [9.17, 15) is 4.79 Å². The van der Waals surface area contributed by atoms with Crippen LogP contribution in [0.2, 0.25) is 5.02 Å². The number of nitrogens with one attached hydrogen (secondary N) is 2. The number of rotatable bonds is 5. The molecule has 2 aromatic carbocycles. The zero-order chi connectivity index (χ0) is 16.9. The highest BCUT2D eigenvalue weighted by molar-refractivity contribution is 7.99. The fraction of sp³-hybridized carbons (Fsp3) is 0.118. The number of aromatic nitrogens is 3. The lowest BCUT2D eigenvalue weighted by Crippen LogP contribution is -2.15. The first-order valence-corrected chi connectivity index (χ1v) is 8.65. The van der Waals surface area contributed by atoms with Crippen LogP contribution in [0.1, 0.15) is 5.56 Å². The Morgan fingerprint density at radius 1 is 1.21 bits per heavy atom. The van der Waals surface area contributed by atoms with E-state index in [-0.39, 0.29) is 11.7 Å². The maximum absolute atomic E-state index is 12.1. The van der Waals surface area contributed by atoms with E-state index in [0.29, 0.717) is 21.7 Å². The van der Waals surface area contributed by atoms with Gasteiger partial charge in [-0.2, -0.15) is 0 Å². The Morgan fingerprint density at radius 3 is 2.79 bits per heavy atom. The molecule has 122 valence electrons. The van der Waals surface area contributed by atoms with E-state index < -0.39 is 0 Å². The number of anilines is 1. The molecule has 0 fully saturated rings. The van der Waals surface area contributed by atoms with Gasteiger partial charge in [0.05, 0.1) is 5.75 Å². The number of carbonyl (C=O) groups is 1. The average molecular weight is 359 g/mol. The van der Waals surface area contributed by atoms with Crippen molar-refractivity contribution in [1.29, 1.82) is 0 Å². The highest BCUT2D eigenvalue weighted by Gasteiger charge is 2.10. The third kappa shape index (κ3) is 3.96. The molecule has 3 aromatic rings. The molecule has 1 heterocycles. The Bertz CT molecular complexity index is 851. The molecular weight excluding hydrogens is 344 g/mol. The first-order chi connectivity index (χ1) is 11.6. The molecule has 7 heteroatoms. The third-order valence-electron chi connectivity index (χ3n) is 3.39. The van der Waals surface area contributed by atoms with Crippen molar-refractivity contribution in [3.63, 3.8) is 0 Å². The number of H-pyrrole nitrogens is 1. The lowest BCUT2D eigenvalue weighted by atomic mass is 10.2. The molecule has 5 nitrogen and oxygen atoms in total. The van der Waals surface area contributed by atoms with Gasteiger partial charge in [0.2, 0.25) is 11.1 Å². The summed E-state index contributed by atoms with van der Waals surface area (Å²) in [4.78, 5) is 16.5. The van der Waals surface area contributed by atoms with Gasteiger partial charge in [-0.25, -0.2) is 4.98 Å². The summed E-state index contributed by atoms with van der Waals surface area (Å²) in [5.74, 6) is 0.776. The van der Waals surface area contributed by atoms with Crippen LogP contribution in [0.5, 0.6) is 0 Å². The Hall–Kier alpha value is -2.31. The molecule has 1 aromatic heterocycles. The van der Waals surface area contributed by atoms with Crippen LogP contribution < -0.4 is 5.32 Å². The first-order valence-electron chi connectivity index (χ1n) is 7.29. The predicted molar refractivity (Wildman–Crippen MR) is 97.4 cm³/mol. The molecule has 0 spiro atoms. The van der Waals surface area contributed by atoms with Crippen LogP contribution in [0, 0.1) is 6.92 Å². The van der Waals surface area contributed by atoms with Crippen molar-refractivity contribution < 1.29 is 4.79 Å². The predicted octanol–water partition coefficient (Wildman–Crippen LogP) is 4.16. The van der Waals surface area contributed by atoms with E-state index in [1.807, 2.05) is 43.3 Å². The standard InChI is InChI=1S/C17H15ClN4OS/c1-11-13(18)8-5-9-14(11)19-15(23)10-24-17-20-16(21-22-17)12-6-3-2-4-7-12/h2-9H,10H2,1H3,(H,19,23)(H,20,21,22). The van der Waals surface area contributed by atoms with Gasteiger partial charge < -0.3 is 5.32 Å². The fourth-order valence-corrected chi connectivity index (χ4v) is 2.87. The van der Waals surface area contributed by atoms with E-state index in [0.717, 1.165) is 11.1 Å². The smallest absolute Gasteiger partial charge is 0.234 e. The largest absolute Gasteiger partial charge is 0.325 e. The number of aromatic amines is 1. The van der Waals surface area contributed by atoms with Crippen molar-refractivity contribution in [3.05, 3.63) is 59.1 Å². The van der Waals surface area contributed by atoms with Crippen molar-refractivity contribution in [2.75, 3.05) is 11.1 Å². The normalized spacial score (nSPS) is 10.6. The van der Waals surface area contributed by atoms with Crippen LogP contribution in [0.3, 0.4) is 0 Å². The van der Waals surface area contributed by atoms with Gasteiger partial charge >= 0.3 is 0 Å². The lowest BCUT2D eigenvalue weighted by Gasteiger charge is -2.08. The zero-order valence-electron chi connectivity index (χ0n) is 12.9. The summed E-state index contributed by atoms with van der Waals surface area (Å²) in [6.45, 7) is 1.87. The van der Waals surface area contributed by atoms with Crippen LogP contribution >= 0.6 is 23.4 Å². The highest BCUT2D eigenvalue weighted by atomic mass is 35.5. The minimum absolute atomic E-state index is 0.128. The van der Waals surface area contributed by atoms with Gasteiger partial charge in [-0.05, 0) is 24.6 Å². The number of benzene rings is 2. The summed E-state index contributed by atoms with van der Waals surface area (Å²) in [6, 6.07) is 15.1.